The summed E-state index contributed by atoms with van der Waals surface area (Å²) in [6.45, 7) is 9.32. The highest BCUT2D eigenvalue weighted by atomic mass is 35.5. The Bertz CT molecular complexity index is 746. The van der Waals surface area contributed by atoms with Gasteiger partial charge in [-0.1, -0.05) is 13.8 Å². The van der Waals surface area contributed by atoms with E-state index in [1.807, 2.05) is 11.9 Å². The number of amides is 1. The number of piperidine rings is 1. The summed E-state index contributed by atoms with van der Waals surface area (Å²) in [6.07, 6.45) is 4.38. The predicted molar refractivity (Wildman–Crippen MR) is 109 cm³/mol. The van der Waals surface area contributed by atoms with Crippen LogP contribution in [0.2, 0.25) is 0 Å². The molecule has 1 N–H and O–H groups in total. The van der Waals surface area contributed by atoms with Gasteiger partial charge in [0.2, 0.25) is 5.91 Å². The molecule has 1 saturated heterocycles. The van der Waals surface area contributed by atoms with Crippen molar-refractivity contribution in [1.82, 2.24) is 10.2 Å². The van der Waals surface area contributed by atoms with Crippen molar-refractivity contribution in [2.24, 2.45) is 5.92 Å². The average molecular weight is 379 g/mol. The smallest absolute Gasteiger partial charge is 0.227 e. The molecule has 1 fully saturated rings. The molecular weight excluding hydrogens is 348 g/mol. The molecule has 3 rings (SSSR count). The Morgan fingerprint density at radius 2 is 2.00 bits per heavy atom. The van der Waals surface area contributed by atoms with Crippen LogP contribution in [0, 0.1) is 12.8 Å². The van der Waals surface area contributed by atoms with Gasteiger partial charge < -0.3 is 14.6 Å². The molecule has 2 aromatic rings. The van der Waals surface area contributed by atoms with Crippen LogP contribution >= 0.6 is 12.4 Å². The number of hydrogen-bond acceptors (Lipinski definition) is 3. The van der Waals surface area contributed by atoms with Crippen LogP contribution < -0.4 is 5.32 Å². The molecule has 0 spiro atoms. The number of furan rings is 1. The zero-order valence-corrected chi connectivity index (χ0v) is 17.1. The van der Waals surface area contributed by atoms with E-state index in [4.69, 9.17) is 4.42 Å². The molecule has 1 aliphatic heterocycles. The highest BCUT2D eigenvalue weighted by Crippen LogP contribution is 2.29. The second-order valence-corrected chi connectivity index (χ2v) is 7.68. The van der Waals surface area contributed by atoms with E-state index in [1.54, 1.807) is 6.26 Å². The van der Waals surface area contributed by atoms with Crippen LogP contribution in [0.1, 0.15) is 49.3 Å². The second kappa shape index (κ2) is 8.92. The Labute approximate surface area is 162 Å². The van der Waals surface area contributed by atoms with Gasteiger partial charge in [-0.3, -0.25) is 4.79 Å². The van der Waals surface area contributed by atoms with Crippen LogP contribution in [-0.4, -0.2) is 37.5 Å². The Morgan fingerprint density at radius 3 is 2.62 bits per heavy atom. The maximum Gasteiger partial charge on any atom is 0.227 e. The van der Waals surface area contributed by atoms with Crippen molar-refractivity contribution in [3.05, 3.63) is 35.1 Å². The van der Waals surface area contributed by atoms with Crippen LogP contribution in [0.4, 0.5) is 0 Å². The van der Waals surface area contributed by atoms with Crippen molar-refractivity contribution in [3.8, 4) is 0 Å². The third kappa shape index (κ3) is 4.41. The van der Waals surface area contributed by atoms with Crippen molar-refractivity contribution in [1.29, 1.82) is 0 Å². The summed E-state index contributed by atoms with van der Waals surface area (Å²) in [5.41, 5.74) is 4.48. The number of likely N-dealkylation sites (tertiary alicyclic amines) is 1. The molecule has 2 heterocycles. The number of rotatable bonds is 5. The molecule has 1 aliphatic rings. The lowest BCUT2D eigenvalue weighted by molar-refractivity contribution is -0.131. The van der Waals surface area contributed by atoms with Gasteiger partial charge in [0.05, 0.1) is 12.7 Å². The lowest BCUT2D eigenvalue weighted by atomic mass is 9.94. The van der Waals surface area contributed by atoms with Crippen molar-refractivity contribution in [3.63, 3.8) is 0 Å². The van der Waals surface area contributed by atoms with E-state index >= 15 is 0 Å². The number of carbonyl (C=O) groups excluding carboxylic acids is 1. The molecule has 0 saturated carbocycles. The molecule has 0 atom stereocenters. The quantitative estimate of drug-likeness (QED) is 0.844. The zero-order valence-electron chi connectivity index (χ0n) is 16.3. The van der Waals surface area contributed by atoms with Gasteiger partial charge in [-0.2, -0.15) is 0 Å². The van der Waals surface area contributed by atoms with Crippen LogP contribution in [0.25, 0.3) is 11.0 Å². The lowest BCUT2D eigenvalue weighted by Gasteiger charge is -2.32. The largest absolute Gasteiger partial charge is 0.464 e. The fourth-order valence-electron chi connectivity index (χ4n) is 3.95. The number of benzene rings is 1. The molecule has 1 amide bonds. The normalized spacial score (nSPS) is 15.5. The van der Waals surface area contributed by atoms with Crippen LogP contribution in [-0.2, 0) is 11.2 Å². The molecule has 144 valence electrons. The molecule has 1 aromatic heterocycles. The summed E-state index contributed by atoms with van der Waals surface area (Å²) in [4.78, 5) is 14.7. The van der Waals surface area contributed by atoms with Crippen LogP contribution in [0.3, 0.4) is 0 Å². The fourth-order valence-corrected chi connectivity index (χ4v) is 3.95. The maximum atomic E-state index is 12.7. The number of nitrogens with zero attached hydrogens (tertiary/aromatic N) is 1. The first kappa shape index (κ1) is 20.8. The van der Waals surface area contributed by atoms with Gasteiger partial charge in [-0.05, 0) is 68.5 Å². The minimum absolute atomic E-state index is 0. The predicted octanol–water partition coefficient (Wildman–Crippen LogP) is 4.29. The standard InChI is InChI=1S/C21H30N2O2.ClH/c1-14(2)18-11-19-17(13-25-20(19)9-15(18)3)10-21(24)23-7-5-16(6-8-23)12-22-4;/h9,11,13-14,16,22H,5-8,10,12H2,1-4H3;1H. The SMILES string of the molecule is CNCC1CCN(C(=O)Cc2coc3cc(C)c(C(C)C)cc23)CC1.Cl. The molecular formula is C21H31ClN2O2. The summed E-state index contributed by atoms with van der Waals surface area (Å²) in [5.74, 6) is 1.38. The second-order valence-electron chi connectivity index (χ2n) is 7.68. The average Bonchev–Trinajstić information content (AvgIpc) is 2.96. The van der Waals surface area contributed by atoms with Gasteiger partial charge in [0.15, 0.2) is 0 Å². The molecule has 26 heavy (non-hydrogen) atoms. The van der Waals surface area contributed by atoms with E-state index in [2.05, 4.69) is 38.2 Å². The van der Waals surface area contributed by atoms with Crippen LogP contribution in [0.5, 0.6) is 0 Å². The Morgan fingerprint density at radius 1 is 1.31 bits per heavy atom. The van der Waals surface area contributed by atoms with E-state index in [0.29, 0.717) is 18.3 Å². The number of fused-ring (bicyclic) bond motifs is 1. The molecule has 0 aliphatic carbocycles. The number of carbonyl (C=O) groups is 1. The van der Waals surface area contributed by atoms with Gasteiger partial charge in [0.25, 0.3) is 0 Å². The molecule has 0 radical (unpaired) electrons. The Kier molecular flexibility index (Phi) is 7.13. The first-order valence-corrected chi connectivity index (χ1v) is 9.42. The minimum Gasteiger partial charge on any atom is -0.464 e. The molecule has 1 aromatic carbocycles. The maximum absolute atomic E-state index is 12.7. The number of nitrogens with one attached hydrogen (secondary N) is 1. The van der Waals surface area contributed by atoms with Crippen LogP contribution in [0.15, 0.2) is 22.8 Å². The summed E-state index contributed by atoms with van der Waals surface area (Å²) in [5, 5.41) is 4.33. The molecule has 5 heteroatoms. The van der Waals surface area contributed by atoms with E-state index in [0.717, 1.165) is 49.0 Å². The van der Waals surface area contributed by atoms with Gasteiger partial charge in [0, 0.05) is 24.0 Å². The summed E-state index contributed by atoms with van der Waals surface area (Å²) in [6, 6.07) is 4.31. The Hall–Kier alpha value is -1.52. The van der Waals surface area contributed by atoms with E-state index in [1.165, 1.54) is 11.1 Å². The third-order valence-corrected chi connectivity index (χ3v) is 5.47. The number of halogens is 1. The Balaban J connectivity index is 0.00000243. The first-order valence-electron chi connectivity index (χ1n) is 9.42. The fraction of sp³-hybridized carbons (Fsp3) is 0.571. The topological polar surface area (TPSA) is 45.5 Å². The molecule has 0 unspecified atom stereocenters. The van der Waals surface area contributed by atoms with E-state index < -0.39 is 0 Å². The summed E-state index contributed by atoms with van der Waals surface area (Å²) < 4.78 is 5.72. The van der Waals surface area contributed by atoms with Gasteiger partial charge in [-0.15, -0.1) is 12.4 Å². The summed E-state index contributed by atoms with van der Waals surface area (Å²) in [7, 11) is 1.99. The monoisotopic (exact) mass is 378 g/mol. The lowest BCUT2D eigenvalue weighted by Crippen LogP contribution is -2.41. The van der Waals surface area contributed by atoms with Crippen molar-refractivity contribution in [2.45, 2.75) is 46.0 Å². The third-order valence-electron chi connectivity index (χ3n) is 5.47. The van der Waals surface area contributed by atoms with Gasteiger partial charge in [-0.25, -0.2) is 0 Å². The van der Waals surface area contributed by atoms with E-state index in [-0.39, 0.29) is 18.3 Å². The highest BCUT2D eigenvalue weighted by molar-refractivity contribution is 5.88. The highest BCUT2D eigenvalue weighted by Gasteiger charge is 2.23. The van der Waals surface area contributed by atoms with Gasteiger partial charge >= 0.3 is 0 Å². The van der Waals surface area contributed by atoms with Crippen molar-refractivity contribution >= 4 is 29.3 Å². The first-order chi connectivity index (χ1) is 12.0. The minimum atomic E-state index is 0. The van der Waals surface area contributed by atoms with Crippen molar-refractivity contribution < 1.29 is 9.21 Å². The number of aryl methyl sites for hydroxylation is 1. The van der Waals surface area contributed by atoms with Crippen molar-refractivity contribution in [2.75, 3.05) is 26.7 Å². The summed E-state index contributed by atoms with van der Waals surface area (Å²) >= 11 is 0. The number of hydrogen-bond donors (Lipinski definition) is 1. The zero-order chi connectivity index (χ0) is 18.0. The van der Waals surface area contributed by atoms with Gasteiger partial charge in [0.1, 0.15) is 5.58 Å². The molecule has 0 bridgehead atoms. The molecule has 4 nitrogen and oxygen atoms in total. The van der Waals surface area contributed by atoms with E-state index in [9.17, 15) is 4.79 Å².